The van der Waals surface area contributed by atoms with E-state index in [0.717, 1.165) is 0 Å². The van der Waals surface area contributed by atoms with Crippen LogP contribution in [0.3, 0.4) is 0 Å². The van der Waals surface area contributed by atoms with Gasteiger partial charge >= 0.3 is 0 Å². The van der Waals surface area contributed by atoms with Crippen LogP contribution in [0.1, 0.15) is 36.8 Å². The highest BCUT2D eigenvalue weighted by molar-refractivity contribution is 7.25. The van der Waals surface area contributed by atoms with Crippen LogP contribution in [0, 0.1) is 0 Å². The van der Waals surface area contributed by atoms with Gasteiger partial charge < -0.3 is 9.13 Å². The zero-order chi connectivity index (χ0) is 32.8. The maximum atomic E-state index is 2.54. The van der Waals surface area contributed by atoms with E-state index < -0.39 is 0 Å². The fourth-order valence-corrected chi connectivity index (χ4v) is 10.3. The topological polar surface area (TPSA) is 9.86 Å². The Morgan fingerprint density at radius 3 is 1.56 bits per heavy atom. The standard InChI is InChI=1S/C47H34N2S/c1-2-12-33(13-3-1)48-41-17-7-4-14-35(41)38-28-31(20-23-43(38)48)47(26-10-11-27-47)32-21-24-44-39(29-32)36-15-5-8-18-42(36)49(44)34-22-25-46-40(30-34)37-16-6-9-19-45(37)50-46/h1-9,12-25,28-30H,10-11,26-27H2. The minimum Gasteiger partial charge on any atom is -0.309 e. The minimum atomic E-state index is -0.0178. The van der Waals surface area contributed by atoms with Crippen molar-refractivity contribution in [1.29, 1.82) is 0 Å². The Morgan fingerprint density at radius 2 is 0.900 bits per heavy atom. The number of nitrogens with zero attached hydrogens (tertiary/aromatic N) is 2. The third kappa shape index (κ3) is 3.95. The molecule has 0 unspecified atom stereocenters. The van der Waals surface area contributed by atoms with Crippen LogP contribution in [-0.4, -0.2) is 9.13 Å². The molecule has 0 saturated heterocycles. The lowest BCUT2D eigenvalue weighted by atomic mass is 9.72. The second-order valence-electron chi connectivity index (χ2n) is 14.1. The predicted molar refractivity (Wildman–Crippen MR) is 214 cm³/mol. The third-order valence-electron chi connectivity index (χ3n) is 11.5. The van der Waals surface area contributed by atoms with Gasteiger partial charge in [0.05, 0.1) is 22.1 Å². The molecule has 7 aromatic carbocycles. The van der Waals surface area contributed by atoms with Crippen molar-refractivity contribution >= 4 is 75.1 Å². The number of hydrogen-bond acceptors (Lipinski definition) is 1. The maximum absolute atomic E-state index is 2.54. The number of para-hydroxylation sites is 3. The first-order chi connectivity index (χ1) is 24.8. The van der Waals surface area contributed by atoms with Gasteiger partial charge in [0.2, 0.25) is 0 Å². The predicted octanol–water partition coefficient (Wildman–Crippen LogP) is 13.1. The largest absolute Gasteiger partial charge is 0.309 e. The molecule has 238 valence electrons. The molecule has 3 heterocycles. The summed E-state index contributed by atoms with van der Waals surface area (Å²) >= 11 is 1.88. The summed E-state index contributed by atoms with van der Waals surface area (Å²) in [5.74, 6) is 0. The number of hydrogen-bond donors (Lipinski definition) is 0. The summed E-state index contributed by atoms with van der Waals surface area (Å²) in [4.78, 5) is 0. The molecule has 0 atom stereocenters. The summed E-state index contributed by atoms with van der Waals surface area (Å²) in [6, 6.07) is 59.1. The molecule has 2 nitrogen and oxygen atoms in total. The summed E-state index contributed by atoms with van der Waals surface area (Å²) < 4.78 is 7.58. The van der Waals surface area contributed by atoms with Gasteiger partial charge in [0.25, 0.3) is 0 Å². The van der Waals surface area contributed by atoms with Crippen LogP contribution in [0.25, 0.3) is 75.2 Å². The molecule has 1 fully saturated rings. The van der Waals surface area contributed by atoms with E-state index in [2.05, 4.69) is 167 Å². The zero-order valence-electron chi connectivity index (χ0n) is 27.6. The van der Waals surface area contributed by atoms with E-state index in [1.807, 2.05) is 11.3 Å². The van der Waals surface area contributed by atoms with Crippen molar-refractivity contribution in [2.24, 2.45) is 0 Å². The monoisotopic (exact) mass is 658 g/mol. The van der Waals surface area contributed by atoms with Crippen LogP contribution < -0.4 is 0 Å². The SMILES string of the molecule is c1ccc(-n2c3ccccc3c3cc(C4(c5ccc6c(c5)c5ccccc5n6-c5ccc6sc7ccccc7c6c5)CCCC4)ccc32)cc1. The first kappa shape index (κ1) is 28.2. The van der Waals surface area contributed by atoms with Gasteiger partial charge in [0, 0.05) is 58.5 Å². The van der Waals surface area contributed by atoms with Crippen LogP contribution in [0.5, 0.6) is 0 Å². The second kappa shape index (κ2) is 10.7. The summed E-state index contributed by atoms with van der Waals surface area (Å²) in [5, 5.41) is 7.97. The number of fused-ring (bicyclic) bond motifs is 9. The summed E-state index contributed by atoms with van der Waals surface area (Å²) in [7, 11) is 0. The molecule has 10 aromatic rings. The van der Waals surface area contributed by atoms with E-state index in [0.29, 0.717) is 0 Å². The van der Waals surface area contributed by atoms with Crippen LogP contribution in [0.4, 0.5) is 0 Å². The molecule has 1 aliphatic rings. The molecule has 0 spiro atoms. The molecule has 50 heavy (non-hydrogen) atoms. The lowest BCUT2D eigenvalue weighted by molar-refractivity contribution is 0.536. The van der Waals surface area contributed by atoms with Crippen molar-refractivity contribution in [3.63, 3.8) is 0 Å². The van der Waals surface area contributed by atoms with E-state index in [1.54, 1.807) is 0 Å². The molecular weight excluding hydrogens is 625 g/mol. The Kier molecular flexibility index (Phi) is 6.03. The van der Waals surface area contributed by atoms with E-state index in [1.165, 1.54) is 112 Å². The second-order valence-corrected chi connectivity index (χ2v) is 15.2. The molecule has 0 aliphatic heterocycles. The van der Waals surface area contributed by atoms with Gasteiger partial charge in [0.1, 0.15) is 0 Å². The van der Waals surface area contributed by atoms with Crippen LogP contribution >= 0.6 is 11.3 Å². The number of rotatable bonds is 4. The fourth-order valence-electron chi connectivity index (χ4n) is 9.25. The first-order valence-corrected chi connectivity index (χ1v) is 18.6. The molecular formula is C47H34N2S. The normalized spacial score (nSPS) is 14.6. The minimum absolute atomic E-state index is 0.0178. The van der Waals surface area contributed by atoms with E-state index >= 15 is 0 Å². The Hall–Kier alpha value is -5.64. The first-order valence-electron chi connectivity index (χ1n) is 17.8. The summed E-state index contributed by atoms with van der Waals surface area (Å²) in [5.41, 5.74) is 10.3. The van der Waals surface area contributed by atoms with E-state index in [9.17, 15) is 0 Å². The molecule has 3 heteroatoms. The Morgan fingerprint density at radius 1 is 0.380 bits per heavy atom. The quantitative estimate of drug-likeness (QED) is 0.178. The smallest absolute Gasteiger partial charge is 0.0541 e. The summed E-state index contributed by atoms with van der Waals surface area (Å²) in [6.45, 7) is 0. The van der Waals surface area contributed by atoms with E-state index in [-0.39, 0.29) is 5.41 Å². The van der Waals surface area contributed by atoms with Gasteiger partial charge in [-0.25, -0.2) is 0 Å². The van der Waals surface area contributed by atoms with Gasteiger partial charge in [-0.15, -0.1) is 11.3 Å². The average Bonchev–Trinajstić information content (AvgIpc) is 3.96. The van der Waals surface area contributed by atoms with Crippen molar-refractivity contribution in [3.8, 4) is 11.4 Å². The highest BCUT2D eigenvalue weighted by Gasteiger charge is 2.38. The maximum Gasteiger partial charge on any atom is 0.0541 e. The van der Waals surface area contributed by atoms with E-state index in [4.69, 9.17) is 0 Å². The van der Waals surface area contributed by atoms with Crippen molar-refractivity contribution in [3.05, 3.63) is 169 Å². The lowest BCUT2D eigenvalue weighted by Gasteiger charge is -2.31. The van der Waals surface area contributed by atoms with Crippen LogP contribution in [-0.2, 0) is 5.41 Å². The van der Waals surface area contributed by atoms with Gasteiger partial charge in [0.15, 0.2) is 0 Å². The third-order valence-corrected chi connectivity index (χ3v) is 12.7. The highest BCUT2D eigenvalue weighted by atomic mass is 32.1. The number of benzene rings is 7. The van der Waals surface area contributed by atoms with Crippen molar-refractivity contribution in [1.82, 2.24) is 9.13 Å². The number of thiophene rings is 1. The lowest BCUT2D eigenvalue weighted by Crippen LogP contribution is -2.23. The zero-order valence-corrected chi connectivity index (χ0v) is 28.5. The molecule has 1 aliphatic carbocycles. The molecule has 0 N–H and O–H groups in total. The van der Waals surface area contributed by atoms with Gasteiger partial charge in [-0.3, -0.25) is 0 Å². The summed E-state index contributed by atoms with van der Waals surface area (Å²) in [6.07, 6.45) is 4.83. The molecule has 0 bridgehead atoms. The molecule has 0 radical (unpaired) electrons. The van der Waals surface area contributed by atoms with Gasteiger partial charge in [-0.1, -0.05) is 97.8 Å². The molecule has 3 aromatic heterocycles. The Bertz CT molecular complexity index is 2930. The van der Waals surface area contributed by atoms with Crippen molar-refractivity contribution < 1.29 is 0 Å². The molecule has 11 rings (SSSR count). The Balaban J connectivity index is 1.11. The van der Waals surface area contributed by atoms with Crippen LogP contribution in [0.15, 0.2) is 158 Å². The number of aromatic nitrogens is 2. The molecule has 0 amide bonds. The van der Waals surface area contributed by atoms with Crippen molar-refractivity contribution in [2.45, 2.75) is 31.1 Å². The van der Waals surface area contributed by atoms with Gasteiger partial charge in [-0.05, 0) is 96.8 Å². The van der Waals surface area contributed by atoms with Crippen LogP contribution in [0.2, 0.25) is 0 Å². The Labute approximate surface area is 294 Å². The average molecular weight is 659 g/mol. The van der Waals surface area contributed by atoms with Gasteiger partial charge in [-0.2, -0.15) is 0 Å². The fraction of sp³-hybridized carbons (Fsp3) is 0.106. The van der Waals surface area contributed by atoms with Crippen molar-refractivity contribution in [2.75, 3.05) is 0 Å². The highest BCUT2D eigenvalue weighted by Crippen LogP contribution is 2.49. The molecule has 1 saturated carbocycles.